The van der Waals surface area contributed by atoms with Gasteiger partial charge >= 0.3 is 0 Å². The van der Waals surface area contributed by atoms with Gasteiger partial charge in [0.05, 0.1) is 6.10 Å². The van der Waals surface area contributed by atoms with E-state index in [4.69, 9.17) is 9.47 Å². The summed E-state index contributed by atoms with van der Waals surface area (Å²) < 4.78 is 11.0. The SMILES string of the molecule is OCC1(CCC2CCCO2)CCOCC1. The molecule has 2 aliphatic heterocycles. The molecule has 15 heavy (non-hydrogen) atoms. The van der Waals surface area contributed by atoms with Gasteiger partial charge in [0.2, 0.25) is 0 Å². The molecule has 0 aromatic rings. The zero-order valence-electron chi connectivity index (χ0n) is 9.41. The molecule has 2 rings (SSSR count). The molecule has 0 radical (unpaired) electrons. The second-order valence-corrected chi connectivity index (χ2v) is 4.94. The third-order valence-electron chi connectivity index (χ3n) is 3.91. The van der Waals surface area contributed by atoms with E-state index in [1.165, 1.54) is 12.8 Å². The first kappa shape index (κ1) is 11.4. The van der Waals surface area contributed by atoms with Crippen LogP contribution in [0.25, 0.3) is 0 Å². The molecule has 1 unspecified atom stereocenters. The number of ether oxygens (including phenoxy) is 2. The topological polar surface area (TPSA) is 38.7 Å². The number of hydrogen-bond donors (Lipinski definition) is 1. The van der Waals surface area contributed by atoms with Crippen LogP contribution in [0.3, 0.4) is 0 Å². The zero-order chi connectivity index (χ0) is 10.6. The fourth-order valence-corrected chi connectivity index (χ4v) is 2.63. The predicted molar refractivity (Wildman–Crippen MR) is 57.8 cm³/mol. The average Bonchev–Trinajstić information content (AvgIpc) is 2.81. The first-order valence-electron chi connectivity index (χ1n) is 6.15. The summed E-state index contributed by atoms with van der Waals surface area (Å²) in [6, 6.07) is 0. The van der Waals surface area contributed by atoms with E-state index in [0.29, 0.717) is 12.7 Å². The Morgan fingerprint density at radius 1 is 1.20 bits per heavy atom. The van der Waals surface area contributed by atoms with Gasteiger partial charge in [-0.2, -0.15) is 0 Å². The van der Waals surface area contributed by atoms with Gasteiger partial charge in [-0.25, -0.2) is 0 Å². The Labute approximate surface area is 91.8 Å². The Kier molecular flexibility index (Phi) is 4.00. The van der Waals surface area contributed by atoms with Crippen LogP contribution in [0.1, 0.15) is 38.5 Å². The van der Waals surface area contributed by atoms with E-state index in [0.717, 1.165) is 45.5 Å². The Morgan fingerprint density at radius 3 is 2.60 bits per heavy atom. The van der Waals surface area contributed by atoms with Crippen molar-refractivity contribution in [2.45, 2.75) is 44.6 Å². The van der Waals surface area contributed by atoms with Crippen molar-refractivity contribution in [3.05, 3.63) is 0 Å². The van der Waals surface area contributed by atoms with Crippen LogP contribution in [-0.4, -0.2) is 37.6 Å². The Hall–Kier alpha value is -0.120. The molecule has 0 aromatic heterocycles. The first-order valence-corrected chi connectivity index (χ1v) is 6.15. The van der Waals surface area contributed by atoms with E-state index in [9.17, 15) is 5.11 Å². The molecule has 0 amide bonds. The van der Waals surface area contributed by atoms with Crippen LogP contribution in [0, 0.1) is 5.41 Å². The molecule has 2 aliphatic rings. The lowest BCUT2D eigenvalue weighted by Gasteiger charge is -2.36. The van der Waals surface area contributed by atoms with Crippen LogP contribution in [0.4, 0.5) is 0 Å². The summed E-state index contributed by atoms with van der Waals surface area (Å²) in [5.41, 5.74) is 0.129. The Balaban J connectivity index is 1.78. The van der Waals surface area contributed by atoms with Crippen molar-refractivity contribution in [2.75, 3.05) is 26.4 Å². The second-order valence-electron chi connectivity index (χ2n) is 4.94. The zero-order valence-corrected chi connectivity index (χ0v) is 9.41. The standard InChI is InChI=1S/C12H22O3/c13-10-12(5-8-14-9-6-12)4-3-11-2-1-7-15-11/h11,13H,1-10H2. The maximum absolute atomic E-state index is 9.52. The molecule has 0 aliphatic carbocycles. The minimum absolute atomic E-state index is 0.129. The normalized spacial score (nSPS) is 30.6. The fourth-order valence-electron chi connectivity index (χ4n) is 2.63. The van der Waals surface area contributed by atoms with Crippen molar-refractivity contribution in [2.24, 2.45) is 5.41 Å². The minimum atomic E-state index is 0.129. The fraction of sp³-hybridized carbons (Fsp3) is 1.00. The highest BCUT2D eigenvalue weighted by molar-refractivity contribution is 4.82. The quantitative estimate of drug-likeness (QED) is 0.774. The van der Waals surface area contributed by atoms with Gasteiger partial charge in [-0.05, 0) is 43.9 Å². The lowest BCUT2D eigenvalue weighted by Crippen LogP contribution is -2.33. The van der Waals surface area contributed by atoms with Crippen molar-refractivity contribution in [3.8, 4) is 0 Å². The molecule has 2 fully saturated rings. The molecule has 88 valence electrons. The van der Waals surface area contributed by atoms with Crippen LogP contribution in [-0.2, 0) is 9.47 Å². The Morgan fingerprint density at radius 2 is 2.00 bits per heavy atom. The molecule has 1 N–H and O–H groups in total. The van der Waals surface area contributed by atoms with Crippen molar-refractivity contribution in [3.63, 3.8) is 0 Å². The van der Waals surface area contributed by atoms with Crippen LogP contribution < -0.4 is 0 Å². The third-order valence-corrected chi connectivity index (χ3v) is 3.91. The average molecular weight is 214 g/mol. The van der Waals surface area contributed by atoms with Crippen LogP contribution in [0.5, 0.6) is 0 Å². The summed E-state index contributed by atoms with van der Waals surface area (Å²) in [5, 5.41) is 9.52. The molecule has 0 bridgehead atoms. The monoisotopic (exact) mass is 214 g/mol. The van der Waals surface area contributed by atoms with Gasteiger partial charge in [0.25, 0.3) is 0 Å². The summed E-state index contributed by atoms with van der Waals surface area (Å²) >= 11 is 0. The van der Waals surface area contributed by atoms with Gasteiger partial charge in [0, 0.05) is 26.4 Å². The highest BCUT2D eigenvalue weighted by Crippen LogP contribution is 2.36. The maximum Gasteiger partial charge on any atom is 0.0576 e. The van der Waals surface area contributed by atoms with Gasteiger partial charge in [-0.1, -0.05) is 0 Å². The highest BCUT2D eigenvalue weighted by atomic mass is 16.5. The maximum atomic E-state index is 9.52. The van der Waals surface area contributed by atoms with Gasteiger partial charge in [-0.3, -0.25) is 0 Å². The molecular weight excluding hydrogens is 192 g/mol. The molecule has 0 aromatic carbocycles. The van der Waals surface area contributed by atoms with Gasteiger partial charge in [-0.15, -0.1) is 0 Å². The molecule has 2 saturated heterocycles. The van der Waals surface area contributed by atoms with Crippen LogP contribution in [0.15, 0.2) is 0 Å². The molecule has 3 nitrogen and oxygen atoms in total. The van der Waals surface area contributed by atoms with E-state index >= 15 is 0 Å². The molecule has 0 spiro atoms. The van der Waals surface area contributed by atoms with E-state index in [-0.39, 0.29) is 5.41 Å². The van der Waals surface area contributed by atoms with Crippen molar-refractivity contribution < 1.29 is 14.6 Å². The minimum Gasteiger partial charge on any atom is -0.396 e. The number of hydrogen-bond acceptors (Lipinski definition) is 3. The summed E-state index contributed by atoms with van der Waals surface area (Å²) in [6.07, 6.45) is 7.10. The van der Waals surface area contributed by atoms with E-state index in [2.05, 4.69) is 0 Å². The molecule has 0 saturated carbocycles. The van der Waals surface area contributed by atoms with E-state index in [1.54, 1.807) is 0 Å². The van der Waals surface area contributed by atoms with Crippen molar-refractivity contribution in [1.82, 2.24) is 0 Å². The smallest absolute Gasteiger partial charge is 0.0576 e. The largest absolute Gasteiger partial charge is 0.396 e. The molecule has 1 atom stereocenters. The lowest BCUT2D eigenvalue weighted by molar-refractivity contribution is -0.0287. The summed E-state index contributed by atoms with van der Waals surface area (Å²) in [7, 11) is 0. The first-order chi connectivity index (χ1) is 7.35. The van der Waals surface area contributed by atoms with E-state index in [1.807, 2.05) is 0 Å². The van der Waals surface area contributed by atoms with Crippen molar-refractivity contribution in [1.29, 1.82) is 0 Å². The Bertz CT molecular complexity index is 181. The highest BCUT2D eigenvalue weighted by Gasteiger charge is 2.32. The van der Waals surface area contributed by atoms with Gasteiger partial charge < -0.3 is 14.6 Å². The number of aliphatic hydroxyl groups excluding tert-OH is 1. The number of aliphatic hydroxyl groups is 1. The molecular formula is C12H22O3. The van der Waals surface area contributed by atoms with Gasteiger partial charge in [0.15, 0.2) is 0 Å². The summed E-state index contributed by atoms with van der Waals surface area (Å²) in [4.78, 5) is 0. The van der Waals surface area contributed by atoms with E-state index < -0.39 is 0 Å². The predicted octanol–water partition coefficient (Wildman–Crippen LogP) is 1.73. The summed E-state index contributed by atoms with van der Waals surface area (Å²) in [6.45, 7) is 2.86. The lowest BCUT2D eigenvalue weighted by atomic mass is 9.76. The van der Waals surface area contributed by atoms with Gasteiger partial charge in [0.1, 0.15) is 0 Å². The molecule has 2 heterocycles. The summed E-state index contributed by atoms with van der Waals surface area (Å²) in [5.74, 6) is 0. The second kappa shape index (κ2) is 5.28. The van der Waals surface area contributed by atoms with Crippen LogP contribution >= 0.6 is 0 Å². The molecule has 3 heteroatoms. The van der Waals surface area contributed by atoms with Crippen molar-refractivity contribution >= 4 is 0 Å². The third kappa shape index (κ3) is 2.92. The number of rotatable bonds is 4. The van der Waals surface area contributed by atoms with Crippen LogP contribution in [0.2, 0.25) is 0 Å².